The van der Waals surface area contributed by atoms with E-state index in [1.807, 2.05) is 13.8 Å². The van der Waals surface area contributed by atoms with Crippen molar-refractivity contribution in [2.24, 2.45) is 28.6 Å². The standard InChI is InChI=1S/C24H29Cl2FO5/c1-12-9-16-14-5-6-15-20(27)17(29)7-8-21(15,3)23(14,26)18(30)10-22(16,4)24(12,19(31)11-25)32-13(2)28/h7-8,12,14,16,18,30H,5-6,9-11H2,1-4H3/t12-,14+,16+,18+,21+,22+,23+,24+/m1/s1. The number of aliphatic hydroxyl groups is 1. The molecule has 176 valence electrons. The summed E-state index contributed by atoms with van der Waals surface area (Å²) in [6, 6.07) is 0. The van der Waals surface area contributed by atoms with Gasteiger partial charge in [0.2, 0.25) is 5.78 Å². The second-order valence-electron chi connectivity index (χ2n) is 10.4. The monoisotopic (exact) mass is 486 g/mol. The predicted molar refractivity (Wildman–Crippen MR) is 118 cm³/mol. The Morgan fingerprint density at radius 3 is 2.56 bits per heavy atom. The molecule has 0 amide bonds. The number of alkyl halides is 2. The second-order valence-corrected chi connectivity index (χ2v) is 11.3. The maximum Gasteiger partial charge on any atom is 0.303 e. The van der Waals surface area contributed by atoms with Crippen molar-refractivity contribution in [3.05, 3.63) is 23.6 Å². The first-order valence-corrected chi connectivity index (χ1v) is 12.0. The van der Waals surface area contributed by atoms with E-state index in [9.17, 15) is 23.9 Å². The minimum atomic E-state index is -1.47. The highest BCUT2D eigenvalue weighted by Gasteiger charge is 2.76. The van der Waals surface area contributed by atoms with Gasteiger partial charge in [0.05, 0.1) is 16.9 Å². The van der Waals surface area contributed by atoms with Crippen LogP contribution in [-0.4, -0.2) is 45.1 Å². The van der Waals surface area contributed by atoms with Crippen molar-refractivity contribution in [3.63, 3.8) is 0 Å². The third-order valence-electron chi connectivity index (χ3n) is 9.11. The van der Waals surface area contributed by atoms with E-state index in [0.29, 0.717) is 24.8 Å². The average Bonchev–Trinajstić information content (AvgIpc) is 2.93. The van der Waals surface area contributed by atoms with E-state index in [2.05, 4.69) is 0 Å². The molecule has 0 aliphatic heterocycles. The Kier molecular flexibility index (Phi) is 5.51. The van der Waals surface area contributed by atoms with Gasteiger partial charge in [-0.2, -0.15) is 0 Å². The van der Waals surface area contributed by atoms with Crippen LogP contribution in [0.2, 0.25) is 0 Å². The van der Waals surface area contributed by atoms with Crippen molar-refractivity contribution in [2.75, 3.05) is 5.88 Å². The molecule has 5 nitrogen and oxygen atoms in total. The molecule has 3 saturated carbocycles. The summed E-state index contributed by atoms with van der Waals surface area (Å²) in [6.07, 6.45) is 3.12. The smallest absolute Gasteiger partial charge is 0.303 e. The summed E-state index contributed by atoms with van der Waals surface area (Å²) in [5.74, 6) is -3.53. The summed E-state index contributed by atoms with van der Waals surface area (Å²) < 4.78 is 20.7. The zero-order valence-corrected chi connectivity index (χ0v) is 20.2. The van der Waals surface area contributed by atoms with Crippen LogP contribution in [0.4, 0.5) is 4.39 Å². The highest BCUT2D eigenvalue weighted by molar-refractivity contribution is 6.29. The molecular weight excluding hydrogens is 458 g/mol. The van der Waals surface area contributed by atoms with Gasteiger partial charge < -0.3 is 9.84 Å². The molecule has 0 saturated heterocycles. The van der Waals surface area contributed by atoms with Gasteiger partial charge in [0.25, 0.3) is 0 Å². The fraction of sp³-hybridized carbons (Fsp3) is 0.708. The van der Waals surface area contributed by atoms with E-state index in [-0.39, 0.29) is 35.8 Å². The number of carbonyl (C=O) groups is 3. The highest BCUT2D eigenvalue weighted by Crippen LogP contribution is 2.72. The quantitative estimate of drug-likeness (QED) is 0.475. The van der Waals surface area contributed by atoms with Gasteiger partial charge in [-0.3, -0.25) is 14.4 Å². The molecule has 4 rings (SSSR count). The summed E-state index contributed by atoms with van der Waals surface area (Å²) >= 11 is 13.3. The lowest BCUT2D eigenvalue weighted by molar-refractivity contribution is -0.198. The SMILES string of the molecule is CC(=O)O[C@]1(C(=O)CCl)[C@H](C)C[C@H]2[C@@H]3CCC4=C(F)C(=O)C=C[C@]4(C)[C@@]3(Cl)[C@@H](O)C[C@@]21C. The summed E-state index contributed by atoms with van der Waals surface area (Å²) in [7, 11) is 0. The molecule has 0 heterocycles. The fourth-order valence-electron chi connectivity index (χ4n) is 7.80. The van der Waals surface area contributed by atoms with Crippen LogP contribution in [0.5, 0.6) is 0 Å². The minimum Gasteiger partial charge on any atom is -0.450 e. The number of hydrogen-bond donors (Lipinski definition) is 1. The molecule has 3 fully saturated rings. The summed E-state index contributed by atoms with van der Waals surface area (Å²) in [5, 5.41) is 11.6. The third-order valence-corrected chi connectivity index (χ3v) is 10.3. The van der Waals surface area contributed by atoms with Crippen molar-refractivity contribution >= 4 is 40.7 Å². The molecular formula is C24H29Cl2FO5. The first kappa shape index (κ1) is 23.9. The van der Waals surface area contributed by atoms with Crippen LogP contribution in [0, 0.1) is 28.6 Å². The van der Waals surface area contributed by atoms with Crippen molar-refractivity contribution in [1.82, 2.24) is 0 Å². The van der Waals surface area contributed by atoms with Crippen LogP contribution < -0.4 is 0 Å². The van der Waals surface area contributed by atoms with Gasteiger partial charge in [-0.25, -0.2) is 4.39 Å². The Labute approximate surface area is 197 Å². The van der Waals surface area contributed by atoms with Gasteiger partial charge >= 0.3 is 5.97 Å². The van der Waals surface area contributed by atoms with E-state index < -0.39 is 45.0 Å². The number of fused-ring (bicyclic) bond motifs is 5. The number of carbonyl (C=O) groups excluding carboxylic acids is 3. The van der Waals surface area contributed by atoms with E-state index in [4.69, 9.17) is 27.9 Å². The first-order valence-electron chi connectivity index (χ1n) is 11.1. The number of halogens is 3. The largest absolute Gasteiger partial charge is 0.450 e. The van der Waals surface area contributed by atoms with E-state index in [0.717, 1.165) is 0 Å². The number of esters is 1. The summed E-state index contributed by atoms with van der Waals surface area (Å²) in [5.41, 5.74) is -3.09. The molecule has 0 spiro atoms. The maximum absolute atomic E-state index is 14.9. The zero-order chi connectivity index (χ0) is 23.9. The topological polar surface area (TPSA) is 80.7 Å². The zero-order valence-electron chi connectivity index (χ0n) is 18.7. The molecule has 4 aliphatic carbocycles. The number of Topliss-reactive ketones (excluding diaryl/α,β-unsaturated/α-hetero) is 1. The molecule has 0 radical (unpaired) electrons. The van der Waals surface area contributed by atoms with Crippen LogP contribution >= 0.6 is 23.2 Å². The Morgan fingerprint density at radius 2 is 1.97 bits per heavy atom. The normalized spacial score (nSPS) is 47.6. The van der Waals surface area contributed by atoms with Gasteiger partial charge in [0.15, 0.2) is 17.2 Å². The number of allylic oxidation sites excluding steroid dienone is 4. The molecule has 0 unspecified atom stereocenters. The highest BCUT2D eigenvalue weighted by atomic mass is 35.5. The molecule has 1 N–H and O–H groups in total. The second kappa shape index (κ2) is 7.38. The van der Waals surface area contributed by atoms with Crippen LogP contribution in [-0.2, 0) is 19.1 Å². The van der Waals surface area contributed by atoms with Gasteiger partial charge in [-0.05, 0) is 49.2 Å². The Balaban J connectivity index is 1.88. The summed E-state index contributed by atoms with van der Waals surface area (Å²) in [4.78, 5) is 36.1. The summed E-state index contributed by atoms with van der Waals surface area (Å²) in [6.45, 7) is 6.79. The van der Waals surface area contributed by atoms with Gasteiger partial charge in [0, 0.05) is 23.7 Å². The molecule has 8 heteroatoms. The number of ketones is 2. The number of rotatable bonds is 3. The van der Waals surface area contributed by atoms with E-state index in [1.165, 1.54) is 13.0 Å². The average molecular weight is 487 g/mol. The van der Waals surface area contributed by atoms with Gasteiger partial charge in [-0.1, -0.05) is 26.8 Å². The van der Waals surface area contributed by atoms with Crippen LogP contribution in [0.1, 0.15) is 53.4 Å². The number of hydrogen-bond acceptors (Lipinski definition) is 5. The number of ether oxygens (including phenoxy) is 1. The molecule has 4 aliphatic rings. The van der Waals surface area contributed by atoms with Crippen molar-refractivity contribution in [1.29, 1.82) is 0 Å². The molecule has 32 heavy (non-hydrogen) atoms. The van der Waals surface area contributed by atoms with Crippen molar-refractivity contribution in [2.45, 2.75) is 70.0 Å². The number of aliphatic hydroxyl groups excluding tert-OH is 1. The van der Waals surface area contributed by atoms with E-state index >= 15 is 0 Å². The van der Waals surface area contributed by atoms with Gasteiger partial charge in [-0.15, -0.1) is 23.2 Å². The van der Waals surface area contributed by atoms with Crippen molar-refractivity contribution in [3.8, 4) is 0 Å². The Morgan fingerprint density at radius 1 is 1.31 bits per heavy atom. The molecule has 8 atom stereocenters. The molecule has 0 aromatic carbocycles. The first-order chi connectivity index (χ1) is 14.8. The lowest BCUT2D eigenvalue weighted by atomic mass is 9.45. The maximum atomic E-state index is 14.9. The van der Waals surface area contributed by atoms with Crippen LogP contribution in [0.15, 0.2) is 23.6 Å². The molecule has 0 aromatic heterocycles. The lowest BCUT2D eigenvalue weighted by Gasteiger charge is -2.64. The Hall–Kier alpha value is -1.24. The minimum absolute atomic E-state index is 0.0875. The predicted octanol–water partition coefficient (Wildman–Crippen LogP) is 4.28. The van der Waals surface area contributed by atoms with E-state index in [1.54, 1.807) is 13.0 Å². The van der Waals surface area contributed by atoms with Crippen LogP contribution in [0.3, 0.4) is 0 Å². The van der Waals surface area contributed by atoms with Crippen LogP contribution in [0.25, 0.3) is 0 Å². The van der Waals surface area contributed by atoms with Gasteiger partial charge in [0.1, 0.15) is 0 Å². The lowest BCUT2D eigenvalue weighted by Crippen LogP contribution is -2.69. The molecule has 0 aromatic rings. The fourth-order valence-corrected chi connectivity index (χ4v) is 8.52. The van der Waals surface area contributed by atoms with Crippen molar-refractivity contribution < 1.29 is 28.6 Å². The Bertz CT molecular complexity index is 962. The third kappa shape index (κ3) is 2.63. The molecule has 0 bridgehead atoms.